The summed E-state index contributed by atoms with van der Waals surface area (Å²) in [5, 5.41) is 0.952. The van der Waals surface area contributed by atoms with Crippen LogP contribution in [0.2, 0.25) is 0 Å². The molecule has 2 heterocycles. The van der Waals surface area contributed by atoms with E-state index >= 15 is 0 Å². The second-order valence-corrected chi connectivity index (χ2v) is 4.19. The van der Waals surface area contributed by atoms with Gasteiger partial charge in [0, 0.05) is 16.8 Å². The Bertz CT molecular complexity index is 471. The maximum absolute atomic E-state index is 5.80. The average Bonchev–Trinajstić information content (AvgIpc) is 2.22. The number of pyridine rings is 2. The van der Waals surface area contributed by atoms with Crippen LogP contribution in [-0.2, 0) is 0 Å². The zero-order valence-electron chi connectivity index (χ0n) is 8.34. The summed E-state index contributed by atoms with van der Waals surface area (Å²) in [5.41, 5.74) is 7.49. The van der Waals surface area contributed by atoms with Crippen molar-refractivity contribution in [1.82, 2.24) is 9.97 Å². The standard InChI is InChI=1S/C11H11N3S/c1-8-3-2-4-11(14-8)15-10-5-6-13-7-9(10)12/h2-7H,12H2,1H3. The van der Waals surface area contributed by atoms with E-state index in [9.17, 15) is 0 Å². The Morgan fingerprint density at radius 3 is 2.87 bits per heavy atom. The van der Waals surface area contributed by atoms with Crippen molar-refractivity contribution in [3.63, 3.8) is 0 Å². The Morgan fingerprint density at radius 1 is 1.27 bits per heavy atom. The Labute approximate surface area is 92.8 Å². The first-order valence-electron chi connectivity index (χ1n) is 4.57. The summed E-state index contributed by atoms with van der Waals surface area (Å²) in [4.78, 5) is 9.33. The lowest BCUT2D eigenvalue weighted by molar-refractivity contribution is 1.06. The topological polar surface area (TPSA) is 51.8 Å². The molecule has 2 N–H and O–H groups in total. The first-order chi connectivity index (χ1) is 7.25. The van der Waals surface area contributed by atoms with E-state index in [0.717, 1.165) is 15.6 Å². The van der Waals surface area contributed by atoms with Gasteiger partial charge in [0.15, 0.2) is 0 Å². The van der Waals surface area contributed by atoms with Crippen molar-refractivity contribution in [1.29, 1.82) is 0 Å². The smallest absolute Gasteiger partial charge is 0.101 e. The van der Waals surface area contributed by atoms with E-state index in [1.54, 1.807) is 24.2 Å². The van der Waals surface area contributed by atoms with Crippen LogP contribution < -0.4 is 5.73 Å². The number of nitrogens with two attached hydrogens (primary N) is 1. The minimum atomic E-state index is 0.686. The number of nitrogen functional groups attached to an aromatic ring is 1. The molecule has 4 heteroatoms. The van der Waals surface area contributed by atoms with Crippen LogP contribution in [0, 0.1) is 6.92 Å². The van der Waals surface area contributed by atoms with Gasteiger partial charge in [0.2, 0.25) is 0 Å². The lowest BCUT2D eigenvalue weighted by atomic mass is 10.4. The van der Waals surface area contributed by atoms with E-state index in [0.29, 0.717) is 5.69 Å². The zero-order chi connectivity index (χ0) is 10.7. The first kappa shape index (κ1) is 9.98. The molecule has 0 aliphatic rings. The van der Waals surface area contributed by atoms with Gasteiger partial charge < -0.3 is 5.73 Å². The van der Waals surface area contributed by atoms with Gasteiger partial charge in [-0.1, -0.05) is 17.8 Å². The van der Waals surface area contributed by atoms with Crippen molar-refractivity contribution in [3.05, 3.63) is 42.4 Å². The van der Waals surface area contributed by atoms with Crippen LogP contribution >= 0.6 is 11.8 Å². The average molecular weight is 217 g/mol. The highest BCUT2D eigenvalue weighted by molar-refractivity contribution is 7.99. The molecule has 76 valence electrons. The molecular formula is C11H11N3S. The van der Waals surface area contributed by atoms with Crippen molar-refractivity contribution in [2.24, 2.45) is 0 Å². The number of hydrogen-bond acceptors (Lipinski definition) is 4. The lowest BCUT2D eigenvalue weighted by Crippen LogP contribution is -1.90. The lowest BCUT2D eigenvalue weighted by Gasteiger charge is -2.03. The van der Waals surface area contributed by atoms with Crippen molar-refractivity contribution < 1.29 is 0 Å². The molecule has 15 heavy (non-hydrogen) atoms. The van der Waals surface area contributed by atoms with E-state index in [4.69, 9.17) is 5.73 Å². The molecule has 0 amide bonds. The van der Waals surface area contributed by atoms with Crippen molar-refractivity contribution in [2.45, 2.75) is 16.8 Å². The van der Waals surface area contributed by atoms with Crippen molar-refractivity contribution >= 4 is 17.4 Å². The van der Waals surface area contributed by atoms with Gasteiger partial charge in [0.1, 0.15) is 5.03 Å². The first-order valence-corrected chi connectivity index (χ1v) is 5.38. The van der Waals surface area contributed by atoms with Gasteiger partial charge in [-0.15, -0.1) is 0 Å². The quantitative estimate of drug-likeness (QED) is 0.839. The SMILES string of the molecule is Cc1cccc(Sc2ccncc2N)n1. The summed E-state index contributed by atoms with van der Waals surface area (Å²) in [7, 11) is 0. The third-order valence-electron chi connectivity index (χ3n) is 1.89. The molecule has 0 aliphatic heterocycles. The molecule has 0 aliphatic carbocycles. The van der Waals surface area contributed by atoms with Gasteiger partial charge in [-0.05, 0) is 25.1 Å². The highest BCUT2D eigenvalue weighted by Gasteiger charge is 2.02. The van der Waals surface area contributed by atoms with Crippen LogP contribution in [-0.4, -0.2) is 9.97 Å². The minimum Gasteiger partial charge on any atom is -0.397 e. The fourth-order valence-corrected chi connectivity index (χ4v) is 2.04. The van der Waals surface area contributed by atoms with Crippen LogP contribution in [0.25, 0.3) is 0 Å². The summed E-state index contributed by atoms with van der Waals surface area (Å²) in [6.45, 7) is 1.97. The molecule has 0 saturated carbocycles. The van der Waals surface area contributed by atoms with Gasteiger partial charge in [-0.3, -0.25) is 4.98 Å². The maximum Gasteiger partial charge on any atom is 0.101 e. The molecule has 0 spiro atoms. The third kappa shape index (κ3) is 2.47. The third-order valence-corrected chi connectivity index (χ3v) is 2.92. The predicted molar refractivity (Wildman–Crippen MR) is 61.7 cm³/mol. The number of aromatic nitrogens is 2. The normalized spacial score (nSPS) is 10.2. The zero-order valence-corrected chi connectivity index (χ0v) is 9.16. The molecule has 0 saturated heterocycles. The van der Waals surface area contributed by atoms with E-state index in [2.05, 4.69) is 9.97 Å². The van der Waals surface area contributed by atoms with Crippen LogP contribution in [0.5, 0.6) is 0 Å². The number of rotatable bonds is 2. The van der Waals surface area contributed by atoms with Crippen LogP contribution in [0.1, 0.15) is 5.69 Å². The van der Waals surface area contributed by atoms with Gasteiger partial charge in [-0.2, -0.15) is 0 Å². The molecule has 2 rings (SSSR count). The van der Waals surface area contributed by atoms with E-state index < -0.39 is 0 Å². The monoisotopic (exact) mass is 217 g/mol. The van der Waals surface area contributed by atoms with Crippen LogP contribution in [0.4, 0.5) is 5.69 Å². The highest BCUT2D eigenvalue weighted by atomic mass is 32.2. The second-order valence-electron chi connectivity index (χ2n) is 3.13. The van der Waals surface area contributed by atoms with Gasteiger partial charge in [-0.25, -0.2) is 4.98 Å². The molecule has 0 bridgehead atoms. The van der Waals surface area contributed by atoms with Crippen LogP contribution in [0.3, 0.4) is 0 Å². The molecule has 0 atom stereocenters. The maximum atomic E-state index is 5.80. The largest absolute Gasteiger partial charge is 0.397 e. The molecule has 0 radical (unpaired) electrons. The van der Waals surface area contributed by atoms with Gasteiger partial charge >= 0.3 is 0 Å². The molecule has 2 aromatic rings. The van der Waals surface area contributed by atoms with Crippen LogP contribution in [0.15, 0.2) is 46.6 Å². The predicted octanol–water partition coefficient (Wildman–Crippen LogP) is 2.52. The fourth-order valence-electron chi connectivity index (χ4n) is 1.17. The van der Waals surface area contributed by atoms with Gasteiger partial charge in [0.25, 0.3) is 0 Å². The Kier molecular flexibility index (Phi) is 2.87. The Morgan fingerprint density at radius 2 is 2.13 bits per heavy atom. The molecule has 2 aromatic heterocycles. The highest BCUT2D eigenvalue weighted by Crippen LogP contribution is 2.29. The number of nitrogens with zero attached hydrogens (tertiary/aromatic N) is 2. The number of aryl methyl sites for hydroxylation is 1. The minimum absolute atomic E-state index is 0.686. The second kappa shape index (κ2) is 4.31. The summed E-state index contributed by atoms with van der Waals surface area (Å²) in [6.07, 6.45) is 3.38. The van der Waals surface area contributed by atoms with Crippen molar-refractivity contribution in [3.8, 4) is 0 Å². The summed E-state index contributed by atoms with van der Waals surface area (Å²) >= 11 is 1.55. The van der Waals surface area contributed by atoms with Gasteiger partial charge in [0.05, 0.1) is 11.9 Å². The molecular weight excluding hydrogens is 206 g/mol. The van der Waals surface area contributed by atoms with Crippen molar-refractivity contribution in [2.75, 3.05) is 5.73 Å². The van der Waals surface area contributed by atoms with E-state index in [-0.39, 0.29) is 0 Å². The Hall–Kier alpha value is -1.55. The number of hydrogen-bond donors (Lipinski definition) is 1. The fraction of sp³-hybridized carbons (Fsp3) is 0.0909. The van der Waals surface area contributed by atoms with E-state index in [1.807, 2.05) is 31.2 Å². The molecule has 0 unspecified atom stereocenters. The van der Waals surface area contributed by atoms with E-state index in [1.165, 1.54) is 0 Å². The molecule has 0 aromatic carbocycles. The summed E-state index contributed by atoms with van der Waals surface area (Å²) in [5.74, 6) is 0. The summed E-state index contributed by atoms with van der Waals surface area (Å²) < 4.78 is 0. The molecule has 0 fully saturated rings. The number of anilines is 1. The summed E-state index contributed by atoms with van der Waals surface area (Å²) in [6, 6.07) is 7.82. The molecule has 3 nitrogen and oxygen atoms in total. The Balaban J connectivity index is 2.26.